The van der Waals surface area contributed by atoms with Crippen molar-refractivity contribution in [2.24, 2.45) is 14.1 Å². The lowest BCUT2D eigenvalue weighted by molar-refractivity contribution is 0.257. The summed E-state index contributed by atoms with van der Waals surface area (Å²) in [5.41, 5.74) is 3.40. The van der Waals surface area contributed by atoms with Crippen LogP contribution in [0.15, 0.2) is 10.2 Å². The molecule has 0 fully saturated rings. The maximum Gasteiger partial charge on any atom is 0.271 e. The van der Waals surface area contributed by atoms with Gasteiger partial charge in [0.25, 0.3) is 5.56 Å². The summed E-state index contributed by atoms with van der Waals surface area (Å²) in [4.78, 5) is 19.2. The van der Waals surface area contributed by atoms with E-state index in [1.165, 1.54) is 5.69 Å². The smallest absolute Gasteiger partial charge is 0.271 e. The van der Waals surface area contributed by atoms with Gasteiger partial charge < -0.3 is 0 Å². The average molecular weight is 292 g/mol. The van der Waals surface area contributed by atoms with Gasteiger partial charge in [0.05, 0.1) is 16.3 Å². The van der Waals surface area contributed by atoms with E-state index in [1.54, 1.807) is 16.0 Å². The van der Waals surface area contributed by atoms with Gasteiger partial charge in [-0.05, 0) is 26.3 Å². The van der Waals surface area contributed by atoms with E-state index in [1.807, 2.05) is 25.7 Å². The molecule has 108 valence electrons. The van der Waals surface area contributed by atoms with E-state index in [0.717, 1.165) is 48.7 Å². The Kier molecular flexibility index (Phi) is 3.52. The third-order valence-corrected chi connectivity index (χ3v) is 4.89. The Morgan fingerprint density at radius 1 is 1.35 bits per heavy atom. The summed E-state index contributed by atoms with van der Waals surface area (Å²) in [6.07, 6.45) is 2.07. The number of nitrogens with zero attached hydrogens (tertiary/aromatic N) is 4. The number of aryl methyl sites for hydroxylation is 1. The molecule has 5 nitrogen and oxygen atoms in total. The van der Waals surface area contributed by atoms with Gasteiger partial charge in [-0.25, -0.2) is 4.98 Å². The van der Waals surface area contributed by atoms with E-state index in [4.69, 9.17) is 0 Å². The lowest BCUT2D eigenvalue weighted by atomic mass is 10.2. The predicted molar refractivity (Wildman–Crippen MR) is 79.9 cm³/mol. The van der Waals surface area contributed by atoms with Crippen molar-refractivity contribution in [1.29, 1.82) is 0 Å². The van der Waals surface area contributed by atoms with Crippen LogP contribution < -0.4 is 5.56 Å². The Balaban J connectivity index is 1.86. The van der Waals surface area contributed by atoms with E-state index in [0.29, 0.717) is 0 Å². The molecule has 0 unspecified atom stereocenters. The Hall–Kier alpha value is -1.40. The zero-order valence-corrected chi connectivity index (χ0v) is 13.0. The van der Waals surface area contributed by atoms with Crippen LogP contribution in [0, 0.1) is 6.92 Å². The third-order valence-electron chi connectivity index (χ3n) is 4.06. The molecule has 0 radical (unpaired) electrons. The van der Waals surface area contributed by atoms with Crippen LogP contribution in [-0.2, 0) is 33.6 Å². The van der Waals surface area contributed by atoms with Gasteiger partial charge in [-0.1, -0.05) is 0 Å². The van der Waals surface area contributed by atoms with Gasteiger partial charge in [0.2, 0.25) is 0 Å². The number of fused-ring (bicyclic) bond motifs is 1. The minimum absolute atomic E-state index is 0.142. The fourth-order valence-electron chi connectivity index (χ4n) is 2.92. The third kappa shape index (κ3) is 2.33. The molecule has 2 aromatic heterocycles. The van der Waals surface area contributed by atoms with E-state index in [9.17, 15) is 4.79 Å². The highest BCUT2D eigenvalue weighted by Crippen LogP contribution is 2.18. The molecule has 3 heterocycles. The number of hydrogen-bond acceptors (Lipinski definition) is 4. The van der Waals surface area contributed by atoms with Gasteiger partial charge in [-0.15, -0.1) is 11.3 Å². The van der Waals surface area contributed by atoms with Crippen molar-refractivity contribution in [2.45, 2.75) is 32.9 Å². The summed E-state index contributed by atoms with van der Waals surface area (Å²) < 4.78 is 3.70. The second kappa shape index (κ2) is 5.18. The molecule has 0 atom stereocenters. The van der Waals surface area contributed by atoms with E-state index in [2.05, 4.69) is 15.3 Å². The lowest BCUT2D eigenvalue weighted by Gasteiger charge is -2.18. The van der Waals surface area contributed by atoms with Gasteiger partial charge in [-0.2, -0.15) is 0 Å². The molecule has 3 rings (SSSR count). The SMILES string of the molecule is Cc1nc(CN2CCCc3c(c(=O)n(C)n3C)C2)cs1. The maximum atomic E-state index is 12.3. The standard InChI is InChI=1S/C14H20N4OS/c1-10-15-11(9-20-10)7-18-6-4-5-13-12(8-18)14(19)17(3)16(13)2/h9H,4-8H2,1-3H3. The molecular formula is C14H20N4OS. The Morgan fingerprint density at radius 2 is 2.15 bits per heavy atom. The van der Waals surface area contributed by atoms with Crippen LogP contribution in [0.2, 0.25) is 0 Å². The first kappa shape index (κ1) is 13.6. The molecule has 0 saturated carbocycles. The minimum Gasteiger partial charge on any atom is -0.293 e. The molecule has 0 saturated heterocycles. The van der Waals surface area contributed by atoms with Gasteiger partial charge in [0.1, 0.15) is 0 Å². The number of thiazole rings is 1. The lowest BCUT2D eigenvalue weighted by Crippen LogP contribution is -2.27. The molecule has 0 N–H and O–H groups in total. The summed E-state index contributed by atoms with van der Waals surface area (Å²) >= 11 is 1.69. The van der Waals surface area contributed by atoms with Crippen LogP contribution in [0.1, 0.15) is 28.4 Å². The quantitative estimate of drug-likeness (QED) is 0.841. The molecule has 20 heavy (non-hydrogen) atoms. The van der Waals surface area contributed by atoms with Gasteiger partial charge in [0, 0.05) is 38.3 Å². The average Bonchev–Trinajstić information content (AvgIpc) is 2.81. The van der Waals surface area contributed by atoms with E-state index < -0.39 is 0 Å². The molecule has 0 aromatic carbocycles. The first-order valence-corrected chi connectivity index (χ1v) is 7.81. The van der Waals surface area contributed by atoms with Crippen molar-refractivity contribution < 1.29 is 0 Å². The van der Waals surface area contributed by atoms with Gasteiger partial charge in [-0.3, -0.25) is 19.1 Å². The number of aromatic nitrogens is 3. The zero-order chi connectivity index (χ0) is 14.3. The van der Waals surface area contributed by atoms with Crippen LogP contribution in [0.3, 0.4) is 0 Å². The molecule has 0 amide bonds. The van der Waals surface area contributed by atoms with Gasteiger partial charge in [0.15, 0.2) is 0 Å². The molecule has 6 heteroatoms. The van der Waals surface area contributed by atoms with Crippen molar-refractivity contribution in [1.82, 2.24) is 19.2 Å². The number of rotatable bonds is 2. The highest BCUT2D eigenvalue weighted by atomic mass is 32.1. The Bertz CT molecular complexity index is 682. The predicted octanol–water partition coefficient (Wildman–Crippen LogP) is 1.44. The Labute approximate surface area is 122 Å². The first-order valence-electron chi connectivity index (χ1n) is 6.93. The zero-order valence-electron chi connectivity index (χ0n) is 12.2. The molecular weight excluding hydrogens is 272 g/mol. The van der Waals surface area contributed by atoms with E-state index in [-0.39, 0.29) is 5.56 Å². The van der Waals surface area contributed by atoms with Gasteiger partial charge >= 0.3 is 0 Å². The highest BCUT2D eigenvalue weighted by molar-refractivity contribution is 7.09. The topological polar surface area (TPSA) is 43.1 Å². The van der Waals surface area contributed by atoms with Crippen molar-refractivity contribution in [3.63, 3.8) is 0 Å². The molecule has 0 spiro atoms. The largest absolute Gasteiger partial charge is 0.293 e. The summed E-state index contributed by atoms with van der Waals surface area (Å²) in [7, 11) is 3.81. The maximum absolute atomic E-state index is 12.3. The van der Waals surface area contributed by atoms with Crippen LogP contribution in [-0.4, -0.2) is 25.8 Å². The van der Waals surface area contributed by atoms with Crippen LogP contribution in [0.25, 0.3) is 0 Å². The summed E-state index contributed by atoms with van der Waals surface area (Å²) in [6.45, 7) is 4.62. The van der Waals surface area contributed by atoms with Crippen molar-refractivity contribution in [2.75, 3.05) is 6.54 Å². The monoisotopic (exact) mass is 292 g/mol. The molecule has 0 bridgehead atoms. The van der Waals surface area contributed by atoms with Crippen LogP contribution >= 0.6 is 11.3 Å². The van der Waals surface area contributed by atoms with Crippen LogP contribution in [0.4, 0.5) is 0 Å². The van der Waals surface area contributed by atoms with Crippen LogP contribution in [0.5, 0.6) is 0 Å². The Morgan fingerprint density at radius 3 is 2.85 bits per heavy atom. The molecule has 2 aromatic rings. The fraction of sp³-hybridized carbons (Fsp3) is 0.571. The fourth-order valence-corrected chi connectivity index (χ4v) is 3.52. The molecule has 1 aliphatic rings. The molecule has 0 aliphatic carbocycles. The first-order chi connectivity index (χ1) is 9.56. The molecule has 1 aliphatic heterocycles. The second-order valence-corrected chi connectivity index (χ2v) is 6.51. The summed E-state index contributed by atoms with van der Waals surface area (Å²) in [5, 5.41) is 3.22. The normalized spacial score (nSPS) is 16.1. The summed E-state index contributed by atoms with van der Waals surface area (Å²) in [5.74, 6) is 0. The second-order valence-electron chi connectivity index (χ2n) is 5.45. The summed E-state index contributed by atoms with van der Waals surface area (Å²) in [6, 6.07) is 0. The van der Waals surface area contributed by atoms with Crippen molar-refractivity contribution in [3.8, 4) is 0 Å². The number of hydrogen-bond donors (Lipinski definition) is 0. The van der Waals surface area contributed by atoms with Crippen molar-refractivity contribution in [3.05, 3.63) is 37.7 Å². The highest BCUT2D eigenvalue weighted by Gasteiger charge is 2.22. The minimum atomic E-state index is 0.142. The van der Waals surface area contributed by atoms with E-state index >= 15 is 0 Å². The van der Waals surface area contributed by atoms with Crippen molar-refractivity contribution >= 4 is 11.3 Å².